The van der Waals surface area contributed by atoms with Gasteiger partial charge >= 0.3 is 6.03 Å². The summed E-state index contributed by atoms with van der Waals surface area (Å²) in [5, 5.41) is 13.2. The zero-order chi connectivity index (χ0) is 17.7. The molecule has 0 aliphatic heterocycles. The number of non-ortho nitro benzene ring substituents is 1. The van der Waals surface area contributed by atoms with E-state index in [4.69, 9.17) is 23.2 Å². The van der Waals surface area contributed by atoms with Crippen LogP contribution < -0.4 is 16.2 Å². The molecule has 0 unspecified atom stereocenters. The maximum atomic E-state index is 11.9. The molecule has 3 amide bonds. The van der Waals surface area contributed by atoms with E-state index in [1.165, 1.54) is 24.3 Å². The van der Waals surface area contributed by atoms with Crippen LogP contribution in [0.2, 0.25) is 10.0 Å². The van der Waals surface area contributed by atoms with Gasteiger partial charge in [0.05, 0.1) is 26.2 Å². The third-order valence-corrected chi connectivity index (χ3v) is 3.46. The number of anilines is 1. The first-order valence-electron chi connectivity index (χ1n) is 6.44. The molecule has 0 aliphatic rings. The van der Waals surface area contributed by atoms with Crippen LogP contribution in [0.25, 0.3) is 0 Å². The Labute approximate surface area is 145 Å². The number of hydrogen-bond acceptors (Lipinski definition) is 4. The molecule has 8 nitrogen and oxygen atoms in total. The van der Waals surface area contributed by atoms with Gasteiger partial charge in [-0.1, -0.05) is 35.3 Å². The zero-order valence-electron chi connectivity index (χ0n) is 11.9. The molecule has 0 saturated heterocycles. The van der Waals surface area contributed by atoms with Gasteiger partial charge in [-0.25, -0.2) is 10.2 Å². The van der Waals surface area contributed by atoms with Gasteiger partial charge in [0.2, 0.25) is 0 Å². The standard InChI is InChI=1S/C14H10Cl2N4O4/c15-10-4-2-1-3-9(10)13(21)18-19-14(22)17-12-6-5-8(20(23)24)7-11(12)16/h1-7H,(H,18,21)(H2,17,19,22). The molecule has 0 atom stereocenters. The van der Waals surface area contributed by atoms with Crippen molar-refractivity contribution in [2.45, 2.75) is 0 Å². The first-order chi connectivity index (χ1) is 11.4. The number of carbonyl (C=O) groups excluding carboxylic acids is 2. The molecule has 0 saturated carbocycles. The first-order valence-corrected chi connectivity index (χ1v) is 7.20. The first kappa shape index (κ1) is 17.5. The summed E-state index contributed by atoms with van der Waals surface area (Å²) in [5.74, 6) is -0.606. The summed E-state index contributed by atoms with van der Waals surface area (Å²) in [6.07, 6.45) is 0. The molecule has 0 aliphatic carbocycles. The third-order valence-electron chi connectivity index (χ3n) is 2.82. The molecular formula is C14H10Cl2N4O4. The number of hydrogen-bond donors (Lipinski definition) is 3. The molecule has 0 heterocycles. The summed E-state index contributed by atoms with van der Waals surface area (Å²) < 4.78 is 0. The molecule has 0 spiro atoms. The largest absolute Gasteiger partial charge is 0.337 e. The van der Waals surface area contributed by atoms with Gasteiger partial charge < -0.3 is 5.32 Å². The van der Waals surface area contributed by atoms with Crippen molar-refractivity contribution in [2.24, 2.45) is 0 Å². The molecule has 0 aromatic heterocycles. The Hall–Kier alpha value is -2.84. The van der Waals surface area contributed by atoms with Crippen LogP contribution in [-0.2, 0) is 0 Å². The molecule has 2 rings (SSSR count). The van der Waals surface area contributed by atoms with Crippen LogP contribution in [0, 0.1) is 10.1 Å². The van der Waals surface area contributed by atoms with Crippen molar-refractivity contribution in [2.75, 3.05) is 5.32 Å². The Bertz CT molecular complexity index is 813. The Morgan fingerprint density at radius 3 is 2.33 bits per heavy atom. The van der Waals surface area contributed by atoms with E-state index in [1.54, 1.807) is 12.1 Å². The summed E-state index contributed by atoms with van der Waals surface area (Å²) >= 11 is 11.7. The van der Waals surface area contributed by atoms with Crippen molar-refractivity contribution in [1.82, 2.24) is 10.9 Å². The molecular weight excluding hydrogens is 359 g/mol. The smallest absolute Gasteiger partial charge is 0.305 e. The Kier molecular flexibility index (Phi) is 5.56. The second-order valence-electron chi connectivity index (χ2n) is 4.43. The van der Waals surface area contributed by atoms with Gasteiger partial charge in [-0.15, -0.1) is 0 Å². The number of rotatable bonds is 3. The average molecular weight is 369 g/mol. The van der Waals surface area contributed by atoms with Crippen molar-refractivity contribution < 1.29 is 14.5 Å². The fraction of sp³-hybridized carbons (Fsp3) is 0. The Morgan fingerprint density at radius 1 is 1.00 bits per heavy atom. The van der Waals surface area contributed by atoms with Crippen LogP contribution in [0.15, 0.2) is 42.5 Å². The van der Waals surface area contributed by atoms with Gasteiger partial charge in [0.25, 0.3) is 11.6 Å². The second-order valence-corrected chi connectivity index (χ2v) is 5.25. The minimum atomic E-state index is -0.786. The quantitative estimate of drug-likeness (QED) is 0.569. The lowest BCUT2D eigenvalue weighted by atomic mass is 10.2. The number of nitro benzene ring substituents is 1. The maximum absolute atomic E-state index is 11.9. The number of carbonyl (C=O) groups is 2. The number of amides is 3. The number of urea groups is 1. The number of nitrogens with zero attached hydrogens (tertiary/aromatic N) is 1. The maximum Gasteiger partial charge on any atom is 0.337 e. The van der Waals surface area contributed by atoms with Crippen molar-refractivity contribution >= 4 is 46.5 Å². The highest BCUT2D eigenvalue weighted by Crippen LogP contribution is 2.26. The SMILES string of the molecule is O=C(NNC(=O)c1ccccc1Cl)Nc1ccc([N+](=O)[O-])cc1Cl. The van der Waals surface area contributed by atoms with Crippen molar-refractivity contribution in [3.63, 3.8) is 0 Å². The molecule has 24 heavy (non-hydrogen) atoms. The van der Waals surface area contributed by atoms with Crippen LogP contribution in [0.5, 0.6) is 0 Å². The molecule has 124 valence electrons. The second kappa shape index (κ2) is 7.62. The Balaban J connectivity index is 1.95. The van der Waals surface area contributed by atoms with Gasteiger partial charge in [-0.3, -0.25) is 20.3 Å². The summed E-state index contributed by atoms with van der Waals surface area (Å²) in [5.41, 5.74) is 4.42. The summed E-state index contributed by atoms with van der Waals surface area (Å²) in [6.45, 7) is 0. The van der Waals surface area contributed by atoms with Gasteiger partial charge in [0.15, 0.2) is 0 Å². The molecule has 0 fully saturated rings. The van der Waals surface area contributed by atoms with E-state index in [9.17, 15) is 19.7 Å². The summed E-state index contributed by atoms with van der Waals surface area (Å²) in [4.78, 5) is 33.6. The molecule has 2 aromatic carbocycles. The molecule has 3 N–H and O–H groups in total. The van der Waals surface area contributed by atoms with Crippen molar-refractivity contribution in [1.29, 1.82) is 0 Å². The summed E-state index contributed by atoms with van der Waals surface area (Å²) in [7, 11) is 0. The van der Waals surface area contributed by atoms with E-state index < -0.39 is 16.9 Å². The van der Waals surface area contributed by atoms with Crippen LogP contribution >= 0.6 is 23.2 Å². The minimum absolute atomic E-state index is 0.0169. The highest BCUT2D eigenvalue weighted by Gasteiger charge is 2.13. The molecule has 10 heteroatoms. The Morgan fingerprint density at radius 2 is 1.71 bits per heavy atom. The lowest BCUT2D eigenvalue weighted by molar-refractivity contribution is -0.384. The van der Waals surface area contributed by atoms with E-state index in [0.717, 1.165) is 6.07 Å². The van der Waals surface area contributed by atoms with Crippen LogP contribution in [0.1, 0.15) is 10.4 Å². The van der Waals surface area contributed by atoms with Crippen LogP contribution in [-0.4, -0.2) is 16.9 Å². The normalized spacial score (nSPS) is 9.92. The molecule has 2 aromatic rings. The van der Waals surface area contributed by atoms with E-state index >= 15 is 0 Å². The van der Waals surface area contributed by atoms with Crippen LogP contribution in [0.3, 0.4) is 0 Å². The highest BCUT2D eigenvalue weighted by atomic mass is 35.5. The fourth-order valence-corrected chi connectivity index (χ4v) is 2.14. The number of halogens is 2. The van der Waals surface area contributed by atoms with Crippen molar-refractivity contribution in [3.05, 3.63) is 68.2 Å². The predicted octanol–water partition coefficient (Wildman–Crippen LogP) is 3.37. The van der Waals surface area contributed by atoms with E-state index in [1.807, 2.05) is 0 Å². The lowest BCUT2D eigenvalue weighted by Gasteiger charge is -2.10. The number of hydrazine groups is 1. The highest BCUT2D eigenvalue weighted by molar-refractivity contribution is 6.34. The van der Waals surface area contributed by atoms with E-state index in [0.29, 0.717) is 0 Å². The third kappa shape index (κ3) is 4.34. The van der Waals surface area contributed by atoms with E-state index in [2.05, 4.69) is 16.2 Å². The fourth-order valence-electron chi connectivity index (χ4n) is 1.70. The molecule has 0 bridgehead atoms. The van der Waals surface area contributed by atoms with E-state index in [-0.39, 0.29) is 27.0 Å². The van der Waals surface area contributed by atoms with Gasteiger partial charge in [-0.2, -0.15) is 0 Å². The average Bonchev–Trinajstić information content (AvgIpc) is 2.54. The number of benzene rings is 2. The number of nitrogens with one attached hydrogen (secondary N) is 3. The number of nitro groups is 1. The minimum Gasteiger partial charge on any atom is -0.305 e. The topological polar surface area (TPSA) is 113 Å². The van der Waals surface area contributed by atoms with Gasteiger partial charge in [-0.05, 0) is 18.2 Å². The zero-order valence-corrected chi connectivity index (χ0v) is 13.4. The monoisotopic (exact) mass is 368 g/mol. The summed E-state index contributed by atoms with van der Waals surface area (Å²) in [6, 6.07) is 9.08. The molecule has 0 radical (unpaired) electrons. The van der Waals surface area contributed by atoms with Crippen molar-refractivity contribution in [3.8, 4) is 0 Å². The van der Waals surface area contributed by atoms with Gasteiger partial charge in [0, 0.05) is 12.1 Å². The predicted molar refractivity (Wildman–Crippen MR) is 89.2 cm³/mol. The lowest BCUT2D eigenvalue weighted by Crippen LogP contribution is -2.44. The van der Waals surface area contributed by atoms with Gasteiger partial charge in [0.1, 0.15) is 0 Å². The van der Waals surface area contributed by atoms with Crippen LogP contribution in [0.4, 0.5) is 16.2 Å².